The topological polar surface area (TPSA) is 110 Å². The molecule has 1 heterocycles. The Morgan fingerprint density at radius 3 is 2.27 bits per heavy atom. The minimum atomic E-state index is -0.271. The molecule has 0 atom stereocenters. The number of hydroxylamine groups is 1. The number of nitrogens with one attached hydrogen (secondary N) is 2. The van der Waals surface area contributed by atoms with Crippen molar-refractivity contribution >= 4 is 40.7 Å². The molecule has 4 N–H and O–H groups in total. The number of carbonyl (C=O) groups excluding carboxylic acids is 2. The fourth-order valence-corrected chi connectivity index (χ4v) is 3.48. The van der Waals surface area contributed by atoms with E-state index >= 15 is 0 Å². The van der Waals surface area contributed by atoms with E-state index in [2.05, 4.69) is 15.3 Å². The van der Waals surface area contributed by atoms with Crippen LogP contribution in [-0.2, 0) is 4.79 Å². The van der Waals surface area contributed by atoms with Crippen molar-refractivity contribution in [2.45, 2.75) is 32.1 Å². The first-order valence-electron chi connectivity index (χ1n) is 10.8. The Morgan fingerprint density at radius 2 is 1.58 bits per heavy atom. The Hall–Kier alpha value is -3.49. The van der Waals surface area contributed by atoms with Crippen LogP contribution in [-0.4, -0.2) is 33.5 Å². The lowest BCUT2D eigenvalue weighted by molar-refractivity contribution is -0.129. The van der Waals surface area contributed by atoms with E-state index in [1.54, 1.807) is 6.07 Å². The predicted octanol–water partition coefficient (Wildman–Crippen LogP) is 4.04. The zero-order chi connectivity index (χ0) is 23.5. The first-order chi connectivity index (χ1) is 16.1. The minimum Gasteiger partial charge on any atom is -0.352 e. The van der Waals surface area contributed by atoms with Crippen molar-refractivity contribution in [2.24, 2.45) is 0 Å². The molecular weight excluding hydrogens is 442 g/mol. The second kappa shape index (κ2) is 12.5. The van der Waals surface area contributed by atoms with Crippen molar-refractivity contribution in [2.75, 3.05) is 11.4 Å². The second-order valence-corrected chi connectivity index (χ2v) is 7.77. The van der Waals surface area contributed by atoms with Gasteiger partial charge in [-0.2, -0.15) is 0 Å². The van der Waals surface area contributed by atoms with Gasteiger partial charge in [-0.3, -0.25) is 14.5 Å². The molecule has 0 saturated carbocycles. The van der Waals surface area contributed by atoms with Crippen LogP contribution in [0.3, 0.4) is 0 Å². The van der Waals surface area contributed by atoms with Crippen LogP contribution in [0, 0.1) is 0 Å². The van der Waals surface area contributed by atoms with E-state index in [0.29, 0.717) is 29.5 Å². The van der Waals surface area contributed by atoms with E-state index in [1.165, 1.54) is 12.4 Å². The summed E-state index contributed by atoms with van der Waals surface area (Å²) < 4.78 is 0. The van der Waals surface area contributed by atoms with Crippen LogP contribution in [0.4, 0.5) is 17.3 Å². The largest absolute Gasteiger partial charge is 0.352 e. The SMILES string of the molecule is O=C(CCCCCCNC(=O)c1cnc(N(c2ccccc2)c2ccccc2Cl)nc1)N[OH2+]. The van der Waals surface area contributed by atoms with Gasteiger partial charge in [0.05, 0.1) is 16.3 Å². The van der Waals surface area contributed by atoms with Gasteiger partial charge in [-0.1, -0.05) is 54.8 Å². The van der Waals surface area contributed by atoms with Crippen LogP contribution >= 0.6 is 11.6 Å². The number of anilines is 3. The number of nitrogens with zero attached hydrogens (tertiary/aromatic N) is 3. The first kappa shape index (κ1) is 24.2. The predicted molar refractivity (Wildman–Crippen MR) is 129 cm³/mol. The smallest absolute Gasteiger partial charge is 0.283 e. The Bertz CT molecular complexity index is 1050. The Balaban J connectivity index is 1.60. The van der Waals surface area contributed by atoms with Gasteiger partial charge in [0.25, 0.3) is 11.8 Å². The third-order valence-electron chi connectivity index (χ3n) is 4.96. The van der Waals surface area contributed by atoms with E-state index in [1.807, 2.05) is 58.9 Å². The highest BCUT2D eigenvalue weighted by Gasteiger charge is 2.18. The van der Waals surface area contributed by atoms with Gasteiger partial charge in [-0.15, -0.1) is 5.48 Å². The molecule has 0 saturated heterocycles. The monoisotopic (exact) mass is 468 g/mol. The van der Waals surface area contributed by atoms with Crippen molar-refractivity contribution in [3.8, 4) is 0 Å². The highest BCUT2D eigenvalue weighted by atomic mass is 35.5. The number of para-hydroxylation sites is 2. The number of halogens is 1. The number of carbonyl (C=O) groups is 2. The second-order valence-electron chi connectivity index (χ2n) is 7.36. The molecule has 0 fully saturated rings. The van der Waals surface area contributed by atoms with Crippen molar-refractivity contribution in [3.63, 3.8) is 0 Å². The van der Waals surface area contributed by atoms with Crippen LogP contribution in [0.2, 0.25) is 5.02 Å². The average Bonchev–Trinajstić information content (AvgIpc) is 2.85. The van der Waals surface area contributed by atoms with E-state index in [-0.39, 0.29) is 11.8 Å². The number of amides is 2. The molecule has 0 unspecified atom stereocenters. The summed E-state index contributed by atoms with van der Waals surface area (Å²) in [5.74, 6) is -0.103. The Labute approximate surface area is 197 Å². The van der Waals surface area contributed by atoms with Gasteiger partial charge in [-0.05, 0) is 37.1 Å². The molecule has 3 aromatic rings. The van der Waals surface area contributed by atoms with Crippen molar-refractivity contribution < 1.29 is 14.8 Å². The quantitative estimate of drug-likeness (QED) is 0.251. The number of unbranched alkanes of at least 4 members (excludes halogenated alkanes) is 3. The van der Waals surface area contributed by atoms with Gasteiger partial charge in [0, 0.05) is 31.0 Å². The van der Waals surface area contributed by atoms with E-state index in [4.69, 9.17) is 16.8 Å². The summed E-state index contributed by atoms with van der Waals surface area (Å²) in [6.45, 7) is 0.529. The van der Waals surface area contributed by atoms with Gasteiger partial charge in [0.2, 0.25) is 5.95 Å². The lowest BCUT2D eigenvalue weighted by Crippen LogP contribution is -2.25. The Morgan fingerprint density at radius 1 is 0.909 bits per heavy atom. The fourth-order valence-electron chi connectivity index (χ4n) is 3.26. The summed E-state index contributed by atoms with van der Waals surface area (Å²) in [5.41, 5.74) is 3.83. The van der Waals surface area contributed by atoms with Gasteiger partial charge < -0.3 is 10.5 Å². The van der Waals surface area contributed by atoms with Gasteiger partial charge in [0.1, 0.15) is 0 Å². The molecule has 0 spiro atoms. The highest BCUT2D eigenvalue weighted by Crippen LogP contribution is 2.36. The molecule has 3 rings (SSSR count). The summed E-state index contributed by atoms with van der Waals surface area (Å²) in [6, 6.07) is 17.1. The number of hydrogen-bond acceptors (Lipinski definition) is 5. The number of benzene rings is 2. The lowest BCUT2D eigenvalue weighted by Gasteiger charge is -2.23. The van der Waals surface area contributed by atoms with Crippen LogP contribution < -0.4 is 15.7 Å². The maximum Gasteiger partial charge on any atom is 0.283 e. The molecule has 33 heavy (non-hydrogen) atoms. The molecule has 0 radical (unpaired) electrons. The molecule has 9 heteroatoms. The lowest BCUT2D eigenvalue weighted by atomic mass is 10.1. The van der Waals surface area contributed by atoms with Crippen LogP contribution in [0.5, 0.6) is 0 Å². The molecule has 0 aliphatic rings. The summed E-state index contributed by atoms with van der Waals surface area (Å²) in [6.07, 6.45) is 6.67. The van der Waals surface area contributed by atoms with Crippen LogP contribution in [0.25, 0.3) is 0 Å². The first-order valence-corrected chi connectivity index (χ1v) is 11.1. The maximum absolute atomic E-state index is 12.4. The maximum atomic E-state index is 12.4. The normalized spacial score (nSPS) is 10.5. The molecule has 0 aliphatic carbocycles. The average molecular weight is 469 g/mol. The standard InChI is InChI=1S/C24H26ClN5O3/c25-20-12-7-8-13-21(20)30(19-10-4-3-5-11-19)24-27-16-18(17-28-24)23(32)26-15-9-2-1-6-14-22(31)29-33/h3-5,7-8,10-13,16-17,33H,1-2,6,9,14-15H2,(H,26,32)(H,29,31)/p+1. The molecule has 8 nitrogen and oxygen atoms in total. The van der Waals surface area contributed by atoms with Gasteiger partial charge in [0.15, 0.2) is 0 Å². The summed E-state index contributed by atoms with van der Waals surface area (Å²) in [4.78, 5) is 34.1. The van der Waals surface area contributed by atoms with E-state index in [9.17, 15) is 9.59 Å². The fraction of sp³-hybridized carbons (Fsp3) is 0.250. The van der Waals surface area contributed by atoms with Crippen LogP contribution in [0.15, 0.2) is 67.0 Å². The van der Waals surface area contributed by atoms with Crippen LogP contribution in [0.1, 0.15) is 42.5 Å². The summed E-state index contributed by atoms with van der Waals surface area (Å²) in [7, 11) is 0. The molecule has 2 aromatic carbocycles. The third-order valence-corrected chi connectivity index (χ3v) is 5.28. The van der Waals surface area contributed by atoms with E-state index < -0.39 is 0 Å². The Kier molecular flexibility index (Phi) is 9.17. The van der Waals surface area contributed by atoms with E-state index in [0.717, 1.165) is 37.1 Å². The van der Waals surface area contributed by atoms with Gasteiger partial charge >= 0.3 is 0 Å². The number of hydrogen-bond donors (Lipinski definition) is 2. The molecule has 172 valence electrons. The van der Waals surface area contributed by atoms with Crippen molar-refractivity contribution in [3.05, 3.63) is 77.6 Å². The molecular formula is C24H27ClN5O3+. The minimum absolute atomic E-state index is 0.237. The molecule has 1 aromatic heterocycles. The zero-order valence-electron chi connectivity index (χ0n) is 18.1. The number of aromatic nitrogens is 2. The highest BCUT2D eigenvalue weighted by molar-refractivity contribution is 6.33. The van der Waals surface area contributed by atoms with Gasteiger partial charge in [-0.25, -0.2) is 9.97 Å². The van der Waals surface area contributed by atoms with Crippen molar-refractivity contribution in [1.82, 2.24) is 20.8 Å². The molecule has 2 amide bonds. The summed E-state index contributed by atoms with van der Waals surface area (Å²) >= 11 is 6.44. The zero-order valence-corrected chi connectivity index (χ0v) is 18.9. The van der Waals surface area contributed by atoms with Crippen molar-refractivity contribution in [1.29, 1.82) is 0 Å². The molecule has 0 aliphatic heterocycles. The molecule has 0 bridgehead atoms. The summed E-state index contributed by atoms with van der Waals surface area (Å²) in [5, 5.41) is 10.2. The number of rotatable bonds is 11. The third kappa shape index (κ3) is 7.00.